The van der Waals surface area contributed by atoms with E-state index in [0.29, 0.717) is 6.10 Å². The number of hydrogen-bond donors (Lipinski definition) is 1. The van der Waals surface area contributed by atoms with Crippen LogP contribution in [-0.2, 0) is 4.74 Å². The number of nitrogens with one attached hydrogen (secondary N) is 1. The molecule has 2 aromatic heterocycles. The van der Waals surface area contributed by atoms with Crippen LogP contribution in [0.1, 0.15) is 1.43 Å². The Morgan fingerprint density at radius 1 is 1.29 bits per heavy atom. The van der Waals surface area contributed by atoms with Crippen LogP contribution in [0.5, 0.6) is 0 Å². The summed E-state index contributed by atoms with van der Waals surface area (Å²) in [5, 5.41) is 8.65. The Kier molecular flexibility index (Phi) is 2.86. The number of H-pyrrole nitrogens is 1. The molecule has 1 aliphatic rings. The second-order valence-electron chi connectivity index (χ2n) is 5.28. The zero-order valence-electron chi connectivity index (χ0n) is 11.8. The summed E-state index contributed by atoms with van der Waals surface area (Å²) < 4.78 is 5.31. The number of ether oxygens (including phenoxy) is 1. The van der Waals surface area contributed by atoms with E-state index in [2.05, 4.69) is 32.2 Å². The average molecular weight is 282 g/mol. The van der Waals surface area contributed by atoms with Crippen LogP contribution in [0.4, 0.5) is 5.82 Å². The highest BCUT2D eigenvalue weighted by Gasteiger charge is 2.27. The number of para-hydroxylation sites is 1. The lowest BCUT2D eigenvalue weighted by molar-refractivity contribution is 0.0783. The van der Waals surface area contributed by atoms with Crippen molar-refractivity contribution < 1.29 is 6.16 Å². The molecule has 1 aliphatic heterocycles. The van der Waals surface area contributed by atoms with Crippen molar-refractivity contribution in [2.24, 2.45) is 0 Å². The highest BCUT2D eigenvalue weighted by atomic mass is 16.5. The van der Waals surface area contributed by atoms with Crippen molar-refractivity contribution in [3.05, 3.63) is 42.6 Å². The van der Waals surface area contributed by atoms with Crippen molar-refractivity contribution in [1.82, 2.24) is 15.2 Å². The lowest BCUT2D eigenvalue weighted by Gasteiger charge is -2.39. The van der Waals surface area contributed by atoms with E-state index in [-0.39, 0.29) is 1.43 Å². The third-order valence-corrected chi connectivity index (χ3v) is 3.99. The van der Waals surface area contributed by atoms with Gasteiger partial charge in [0.2, 0.25) is 0 Å². The van der Waals surface area contributed by atoms with Gasteiger partial charge in [0.1, 0.15) is 11.5 Å². The lowest BCUT2D eigenvalue weighted by Crippen LogP contribution is -2.52. The van der Waals surface area contributed by atoms with Crippen molar-refractivity contribution in [3.8, 4) is 11.3 Å². The predicted octanol–water partition coefficient (Wildman–Crippen LogP) is 2.71. The third kappa shape index (κ3) is 2.06. The first-order valence-electron chi connectivity index (χ1n) is 7.02. The molecule has 3 aromatic rings. The standard InChI is InChI=1S/C16H16N4O.H2/c1-21-12-9-20(10-12)15-8-11(6-7-17-15)16-13-4-2-3-5-14(13)18-19-16;/h2-8,12H,9-10H2,1H3,(H,18,19);1H. The summed E-state index contributed by atoms with van der Waals surface area (Å²) in [6.45, 7) is 1.79. The molecule has 1 fully saturated rings. The van der Waals surface area contributed by atoms with Crippen molar-refractivity contribution in [3.63, 3.8) is 0 Å². The van der Waals surface area contributed by atoms with Gasteiger partial charge in [-0.2, -0.15) is 5.10 Å². The second kappa shape index (κ2) is 4.86. The minimum atomic E-state index is 0. The van der Waals surface area contributed by atoms with Gasteiger partial charge in [-0.3, -0.25) is 5.10 Å². The molecular weight excluding hydrogens is 264 g/mol. The summed E-state index contributed by atoms with van der Waals surface area (Å²) in [6, 6.07) is 12.2. The number of pyridine rings is 1. The molecule has 0 aliphatic carbocycles. The molecular formula is C16H18N4O. The normalized spacial score (nSPS) is 15.4. The van der Waals surface area contributed by atoms with Crippen LogP contribution in [0.15, 0.2) is 42.6 Å². The monoisotopic (exact) mass is 282 g/mol. The first-order valence-corrected chi connectivity index (χ1v) is 7.02. The minimum Gasteiger partial charge on any atom is -0.378 e. The van der Waals surface area contributed by atoms with Crippen molar-refractivity contribution in [1.29, 1.82) is 0 Å². The summed E-state index contributed by atoms with van der Waals surface area (Å²) >= 11 is 0. The van der Waals surface area contributed by atoms with Crippen LogP contribution in [0, 0.1) is 0 Å². The van der Waals surface area contributed by atoms with E-state index in [9.17, 15) is 0 Å². The Balaban J connectivity index is 0.00000144. The first-order chi connectivity index (χ1) is 10.3. The van der Waals surface area contributed by atoms with Crippen molar-refractivity contribution >= 4 is 16.7 Å². The summed E-state index contributed by atoms with van der Waals surface area (Å²) in [5.41, 5.74) is 3.10. The van der Waals surface area contributed by atoms with E-state index in [1.165, 1.54) is 0 Å². The van der Waals surface area contributed by atoms with Crippen LogP contribution >= 0.6 is 0 Å². The van der Waals surface area contributed by atoms with Crippen LogP contribution in [0.3, 0.4) is 0 Å². The summed E-state index contributed by atoms with van der Waals surface area (Å²) in [6.07, 6.45) is 2.16. The molecule has 1 aromatic carbocycles. The van der Waals surface area contributed by atoms with E-state index >= 15 is 0 Å². The summed E-state index contributed by atoms with van der Waals surface area (Å²) in [7, 11) is 1.75. The van der Waals surface area contributed by atoms with Crippen molar-refractivity contribution in [2.45, 2.75) is 6.10 Å². The van der Waals surface area contributed by atoms with Gasteiger partial charge in [0, 0.05) is 38.8 Å². The van der Waals surface area contributed by atoms with Crippen LogP contribution in [0.2, 0.25) is 0 Å². The number of rotatable bonds is 3. The molecule has 0 atom stereocenters. The molecule has 0 unspecified atom stereocenters. The molecule has 5 nitrogen and oxygen atoms in total. The highest BCUT2D eigenvalue weighted by molar-refractivity contribution is 5.93. The molecule has 21 heavy (non-hydrogen) atoms. The van der Waals surface area contributed by atoms with Gasteiger partial charge in [0.05, 0.1) is 11.6 Å². The van der Waals surface area contributed by atoms with Gasteiger partial charge in [-0.25, -0.2) is 4.98 Å². The number of benzene rings is 1. The van der Waals surface area contributed by atoms with Crippen LogP contribution in [-0.4, -0.2) is 41.5 Å². The smallest absolute Gasteiger partial charge is 0.129 e. The predicted molar refractivity (Wildman–Crippen MR) is 84.4 cm³/mol. The summed E-state index contributed by atoms with van der Waals surface area (Å²) in [4.78, 5) is 6.67. The number of aromatic amines is 1. The first kappa shape index (κ1) is 12.3. The van der Waals surface area contributed by atoms with Gasteiger partial charge in [-0.15, -0.1) is 0 Å². The van der Waals surface area contributed by atoms with E-state index in [1.807, 2.05) is 30.5 Å². The van der Waals surface area contributed by atoms with Gasteiger partial charge in [0.25, 0.3) is 0 Å². The Morgan fingerprint density at radius 2 is 2.14 bits per heavy atom. The molecule has 3 heterocycles. The number of nitrogens with zero attached hydrogens (tertiary/aromatic N) is 3. The third-order valence-electron chi connectivity index (χ3n) is 3.99. The molecule has 108 valence electrons. The largest absolute Gasteiger partial charge is 0.378 e. The molecule has 1 N–H and O–H groups in total. The zero-order valence-corrected chi connectivity index (χ0v) is 11.8. The highest BCUT2D eigenvalue weighted by Crippen LogP contribution is 2.29. The number of methoxy groups -OCH3 is 1. The number of anilines is 1. The van der Waals surface area contributed by atoms with Crippen molar-refractivity contribution in [2.75, 3.05) is 25.1 Å². The SMILES string of the molecule is COC1CN(c2cc(-c3n[nH]c4ccccc34)ccn2)C1.[HH]. The maximum Gasteiger partial charge on any atom is 0.129 e. The fourth-order valence-corrected chi connectivity index (χ4v) is 2.70. The van der Waals surface area contributed by atoms with E-state index in [0.717, 1.165) is 41.1 Å². The Bertz CT molecular complexity index is 782. The molecule has 1 saturated heterocycles. The van der Waals surface area contributed by atoms with Crippen LogP contribution < -0.4 is 4.90 Å². The maximum absolute atomic E-state index is 5.31. The van der Waals surface area contributed by atoms with Crippen LogP contribution in [0.25, 0.3) is 22.2 Å². The maximum atomic E-state index is 5.31. The number of hydrogen-bond acceptors (Lipinski definition) is 4. The zero-order chi connectivity index (χ0) is 14.2. The molecule has 0 spiro atoms. The Morgan fingerprint density at radius 3 is 3.00 bits per heavy atom. The number of aromatic nitrogens is 3. The lowest BCUT2D eigenvalue weighted by atomic mass is 10.1. The topological polar surface area (TPSA) is 54.0 Å². The van der Waals surface area contributed by atoms with Gasteiger partial charge in [-0.1, -0.05) is 18.2 Å². The van der Waals surface area contributed by atoms with Gasteiger partial charge in [0.15, 0.2) is 0 Å². The van der Waals surface area contributed by atoms with Gasteiger partial charge in [-0.05, 0) is 18.2 Å². The summed E-state index contributed by atoms with van der Waals surface area (Å²) in [5.74, 6) is 0.980. The molecule has 5 heteroatoms. The fourth-order valence-electron chi connectivity index (χ4n) is 2.70. The molecule has 0 bridgehead atoms. The molecule has 0 saturated carbocycles. The molecule has 4 rings (SSSR count). The average Bonchev–Trinajstić information content (AvgIpc) is 2.90. The molecule has 0 amide bonds. The Labute approximate surface area is 124 Å². The number of fused-ring (bicyclic) bond motifs is 1. The quantitative estimate of drug-likeness (QED) is 0.802. The van der Waals surface area contributed by atoms with Gasteiger partial charge < -0.3 is 9.64 Å². The van der Waals surface area contributed by atoms with E-state index in [4.69, 9.17) is 4.74 Å². The van der Waals surface area contributed by atoms with Gasteiger partial charge >= 0.3 is 0 Å². The molecule has 0 radical (unpaired) electrons. The fraction of sp³-hybridized carbons (Fsp3) is 0.250. The van der Waals surface area contributed by atoms with E-state index < -0.39 is 0 Å². The van der Waals surface area contributed by atoms with E-state index in [1.54, 1.807) is 7.11 Å². The second-order valence-corrected chi connectivity index (χ2v) is 5.28. The minimum absolute atomic E-state index is 0. The Hall–Kier alpha value is -2.40.